The minimum absolute atomic E-state index is 0.00604. The summed E-state index contributed by atoms with van der Waals surface area (Å²) >= 11 is 1.12. The normalized spacial score (nSPS) is 11.6. The summed E-state index contributed by atoms with van der Waals surface area (Å²) in [5.41, 5.74) is 6.52. The Bertz CT molecular complexity index is 1060. The number of hydrogen-bond donors (Lipinski definition) is 1. The molecule has 0 bridgehead atoms. The van der Waals surface area contributed by atoms with Crippen molar-refractivity contribution >= 4 is 43.1 Å². The molecule has 1 aromatic heterocycles. The summed E-state index contributed by atoms with van der Waals surface area (Å²) in [6, 6.07) is 7.05. The van der Waals surface area contributed by atoms with E-state index < -0.39 is 15.9 Å². The maximum atomic E-state index is 12.9. The van der Waals surface area contributed by atoms with Crippen LogP contribution in [0.5, 0.6) is 5.75 Å². The van der Waals surface area contributed by atoms with Gasteiger partial charge in [-0.15, -0.1) is 11.3 Å². The third-order valence-corrected chi connectivity index (χ3v) is 5.67. The molecule has 9 heteroatoms. The molecule has 0 atom stereocenters. The first-order valence-corrected chi connectivity index (χ1v) is 9.46. The van der Waals surface area contributed by atoms with Gasteiger partial charge in [0.25, 0.3) is 0 Å². The molecule has 2 aromatic carbocycles. The number of carbonyl (C=O) groups is 1. The molecule has 130 valence electrons. The summed E-state index contributed by atoms with van der Waals surface area (Å²) in [5, 5.41) is 0.308. The molecular formula is C16H13FN2O4S2. The number of anilines is 1. The van der Waals surface area contributed by atoms with Gasteiger partial charge in [-0.2, -0.15) is 8.42 Å². The number of carbonyl (C=O) groups excluding carboxylic acids is 1. The van der Waals surface area contributed by atoms with E-state index in [4.69, 9.17) is 9.92 Å². The first-order valence-electron chi connectivity index (χ1n) is 7.23. The molecule has 3 aromatic rings. The third-order valence-electron chi connectivity index (χ3n) is 3.37. The predicted octanol–water partition coefficient (Wildman–Crippen LogP) is 3.38. The molecule has 0 spiro atoms. The molecule has 0 radical (unpaired) electrons. The van der Waals surface area contributed by atoms with Gasteiger partial charge in [0.2, 0.25) is 0 Å². The topological polar surface area (TPSA) is 99.3 Å². The van der Waals surface area contributed by atoms with Crippen molar-refractivity contribution in [1.29, 1.82) is 0 Å². The summed E-state index contributed by atoms with van der Waals surface area (Å²) in [6.45, 7) is 1.72. The number of benzene rings is 2. The van der Waals surface area contributed by atoms with Crippen molar-refractivity contribution in [3.63, 3.8) is 0 Å². The molecule has 2 N–H and O–H groups in total. The van der Waals surface area contributed by atoms with Crippen LogP contribution in [-0.4, -0.2) is 19.2 Å². The van der Waals surface area contributed by atoms with Crippen LogP contribution in [0.4, 0.5) is 10.1 Å². The monoisotopic (exact) mass is 380 g/mol. The lowest BCUT2D eigenvalue weighted by atomic mass is 10.3. The highest BCUT2D eigenvalue weighted by atomic mass is 32.2. The number of ketones is 1. The summed E-state index contributed by atoms with van der Waals surface area (Å²) in [4.78, 5) is 15.8. The fourth-order valence-corrected chi connectivity index (χ4v) is 4.08. The van der Waals surface area contributed by atoms with Crippen molar-refractivity contribution in [2.45, 2.75) is 18.2 Å². The zero-order valence-corrected chi connectivity index (χ0v) is 14.7. The molecule has 0 fully saturated rings. The highest BCUT2D eigenvalue weighted by Crippen LogP contribution is 2.33. The zero-order chi connectivity index (χ0) is 18.2. The van der Waals surface area contributed by atoms with Crippen molar-refractivity contribution < 1.29 is 21.8 Å². The van der Waals surface area contributed by atoms with E-state index in [2.05, 4.69) is 4.98 Å². The number of fused-ring (bicyclic) bond motifs is 1. The molecule has 0 aliphatic heterocycles. The van der Waals surface area contributed by atoms with Gasteiger partial charge in [0.05, 0.1) is 10.4 Å². The Morgan fingerprint density at radius 3 is 2.60 bits per heavy atom. The maximum absolute atomic E-state index is 12.9. The maximum Gasteiger partial charge on any atom is 0.339 e. The minimum Gasteiger partial charge on any atom is -0.397 e. The molecule has 0 aliphatic rings. The van der Waals surface area contributed by atoms with Gasteiger partial charge >= 0.3 is 10.1 Å². The quantitative estimate of drug-likeness (QED) is 0.414. The lowest BCUT2D eigenvalue weighted by molar-refractivity contribution is 0.0988. The van der Waals surface area contributed by atoms with Crippen molar-refractivity contribution in [1.82, 2.24) is 4.98 Å². The molecule has 25 heavy (non-hydrogen) atoms. The third kappa shape index (κ3) is 3.47. The van der Waals surface area contributed by atoms with E-state index in [0.717, 1.165) is 35.6 Å². The number of Topliss-reactive ketones (excluding diaryl/α,β-unsaturated/α-hetero) is 1. The molecule has 6 nitrogen and oxygen atoms in total. The molecule has 3 rings (SSSR count). The van der Waals surface area contributed by atoms with Gasteiger partial charge in [-0.25, -0.2) is 9.37 Å². The molecular weight excluding hydrogens is 367 g/mol. The van der Waals surface area contributed by atoms with Crippen LogP contribution in [0.3, 0.4) is 0 Å². The van der Waals surface area contributed by atoms with E-state index in [1.54, 1.807) is 6.92 Å². The summed E-state index contributed by atoms with van der Waals surface area (Å²) < 4.78 is 43.1. The van der Waals surface area contributed by atoms with E-state index in [9.17, 15) is 17.6 Å². The smallest absolute Gasteiger partial charge is 0.339 e. The first-order chi connectivity index (χ1) is 11.8. The van der Waals surface area contributed by atoms with Crippen molar-refractivity contribution in [3.05, 3.63) is 47.2 Å². The largest absolute Gasteiger partial charge is 0.397 e. The van der Waals surface area contributed by atoms with E-state index in [0.29, 0.717) is 21.6 Å². The molecule has 0 aliphatic carbocycles. The second-order valence-electron chi connectivity index (χ2n) is 5.15. The number of aromatic nitrogens is 1. The van der Waals surface area contributed by atoms with E-state index in [1.807, 2.05) is 0 Å². The van der Waals surface area contributed by atoms with Gasteiger partial charge in [-0.3, -0.25) is 4.79 Å². The average Bonchev–Trinajstić information content (AvgIpc) is 2.98. The highest BCUT2D eigenvalue weighted by Gasteiger charge is 2.19. The molecule has 0 saturated heterocycles. The summed E-state index contributed by atoms with van der Waals surface area (Å²) in [7, 11) is -4.13. The zero-order valence-electron chi connectivity index (χ0n) is 13.0. The van der Waals surface area contributed by atoms with Crippen molar-refractivity contribution in [2.24, 2.45) is 0 Å². The molecule has 1 heterocycles. The fourth-order valence-electron chi connectivity index (χ4n) is 2.12. The van der Waals surface area contributed by atoms with Crippen LogP contribution in [0.2, 0.25) is 0 Å². The molecule has 0 saturated carbocycles. The Balaban J connectivity index is 1.98. The SMILES string of the molecule is CCC(=O)c1nc2c(N)cc(OS(=O)(=O)c3ccc(F)cc3)cc2s1. The Morgan fingerprint density at radius 2 is 1.96 bits per heavy atom. The molecule has 0 unspecified atom stereocenters. The average molecular weight is 380 g/mol. The Hall–Kier alpha value is -2.52. The van der Waals surface area contributed by atoms with Crippen LogP contribution < -0.4 is 9.92 Å². The van der Waals surface area contributed by atoms with Crippen LogP contribution in [-0.2, 0) is 10.1 Å². The Kier molecular flexibility index (Phi) is 4.44. The Labute approximate surface area is 147 Å². The lowest BCUT2D eigenvalue weighted by Gasteiger charge is -2.08. The fraction of sp³-hybridized carbons (Fsp3) is 0.125. The molecule has 0 amide bonds. The predicted molar refractivity (Wildman–Crippen MR) is 92.9 cm³/mol. The number of rotatable bonds is 5. The highest BCUT2D eigenvalue weighted by molar-refractivity contribution is 7.87. The van der Waals surface area contributed by atoms with E-state index in [1.165, 1.54) is 12.1 Å². The number of nitrogen functional groups attached to an aromatic ring is 1. The van der Waals surface area contributed by atoms with Gasteiger partial charge in [0.1, 0.15) is 22.0 Å². The second kappa shape index (κ2) is 6.41. The minimum atomic E-state index is -4.13. The summed E-state index contributed by atoms with van der Waals surface area (Å²) in [6.07, 6.45) is 0.308. The summed E-state index contributed by atoms with van der Waals surface area (Å²) in [5.74, 6) is -0.683. The van der Waals surface area contributed by atoms with Crippen molar-refractivity contribution in [2.75, 3.05) is 5.73 Å². The number of thiazole rings is 1. The number of nitrogens with two attached hydrogens (primary N) is 1. The lowest BCUT2D eigenvalue weighted by Crippen LogP contribution is -2.10. The van der Waals surface area contributed by atoms with Gasteiger partial charge in [0.15, 0.2) is 10.8 Å². The van der Waals surface area contributed by atoms with Crippen LogP contribution in [0, 0.1) is 5.82 Å². The van der Waals surface area contributed by atoms with Gasteiger partial charge < -0.3 is 9.92 Å². The number of nitrogens with zero attached hydrogens (tertiary/aromatic N) is 1. The van der Waals surface area contributed by atoms with Crippen LogP contribution in [0.25, 0.3) is 10.2 Å². The van der Waals surface area contributed by atoms with Crippen LogP contribution in [0.15, 0.2) is 41.3 Å². The second-order valence-corrected chi connectivity index (χ2v) is 7.72. The van der Waals surface area contributed by atoms with E-state index in [-0.39, 0.29) is 22.1 Å². The Morgan fingerprint density at radius 1 is 1.28 bits per heavy atom. The van der Waals surface area contributed by atoms with E-state index >= 15 is 0 Å². The van der Waals surface area contributed by atoms with Crippen LogP contribution >= 0.6 is 11.3 Å². The number of hydrogen-bond acceptors (Lipinski definition) is 7. The van der Waals surface area contributed by atoms with Gasteiger partial charge in [-0.05, 0) is 24.3 Å². The van der Waals surface area contributed by atoms with Gasteiger partial charge in [0, 0.05) is 18.6 Å². The van der Waals surface area contributed by atoms with Gasteiger partial charge in [-0.1, -0.05) is 6.92 Å². The van der Waals surface area contributed by atoms with Crippen molar-refractivity contribution in [3.8, 4) is 5.75 Å². The first kappa shape index (κ1) is 17.3. The number of halogens is 1. The standard InChI is InChI=1S/C16H13FN2O4S2/c1-2-13(20)16-19-15-12(18)7-10(8-14(15)24-16)23-25(21,22)11-5-3-9(17)4-6-11/h3-8H,2,18H2,1H3. The van der Waals surface area contributed by atoms with Crippen LogP contribution in [0.1, 0.15) is 23.1 Å².